The number of hydrogen-bond donors (Lipinski definition) is 0. The van der Waals surface area contributed by atoms with Crippen LogP contribution in [0.4, 0.5) is 0 Å². The van der Waals surface area contributed by atoms with Gasteiger partial charge in [0.25, 0.3) is 0 Å². The van der Waals surface area contributed by atoms with E-state index in [1.165, 1.54) is 18.2 Å². The van der Waals surface area contributed by atoms with Crippen LogP contribution in [0.25, 0.3) is 11.0 Å². The molecule has 7 heteroatoms. The lowest BCUT2D eigenvalue weighted by Gasteiger charge is -2.11. The summed E-state index contributed by atoms with van der Waals surface area (Å²) in [5.74, 6) is 0.183. The van der Waals surface area contributed by atoms with Crippen molar-refractivity contribution in [2.75, 3.05) is 0 Å². The fraction of sp³-hybridized carbons (Fsp3) is 0.188. The van der Waals surface area contributed by atoms with Crippen molar-refractivity contribution in [1.82, 2.24) is 0 Å². The van der Waals surface area contributed by atoms with Gasteiger partial charge in [0.05, 0.1) is 0 Å². The fourth-order valence-electron chi connectivity index (χ4n) is 2.31. The number of hydrogen-bond acceptors (Lipinski definition) is 6. The molecule has 2 aromatic heterocycles. The van der Waals surface area contributed by atoms with Crippen molar-refractivity contribution < 1.29 is 17.0 Å². The Morgan fingerprint density at radius 3 is 2.70 bits per heavy atom. The van der Waals surface area contributed by atoms with Gasteiger partial charge in [-0.25, -0.2) is 4.79 Å². The molecular formula is C16H14O5S2. The number of aryl methyl sites for hydroxylation is 2. The Kier molecular flexibility index (Phi) is 3.99. The first-order chi connectivity index (χ1) is 10.9. The maximum absolute atomic E-state index is 12.3. The average Bonchev–Trinajstić information content (AvgIpc) is 3.01. The van der Waals surface area contributed by atoms with Gasteiger partial charge in [0.15, 0.2) is 4.21 Å². The largest absolute Gasteiger partial charge is 0.423 e. The molecule has 120 valence electrons. The molecule has 3 aromatic rings. The zero-order valence-corrected chi connectivity index (χ0v) is 14.2. The third kappa shape index (κ3) is 3.02. The van der Waals surface area contributed by atoms with E-state index in [1.54, 1.807) is 17.5 Å². The van der Waals surface area contributed by atoms with Crippen molar-refractivity contribution in [2.45, 2.75) is 24.5 Å². The number of fused-ring (bicyclic) bond motifs is 1. The van der Waals surface area contributed by atoms with Crippen molar-refractivity contribution in [3.8, 4) is 5.75 Å². The Hall–Kier alpha value is -2.12. The van der Waals surface area contributed by atoms with Crippen LogP contribution in [-0.4, -0.2) is 8.42 Å². The normalized spacial score (nSPS) is 11.7. The van der Waals surface area contributed by atoms with Crippen LogP contribution in [0.15, 0.2) is 49.1 Å². The van der Waals surface area contributed by atoms with Gasteiger partial charge in [0.1, 0.15) is 11.3 Å². The summed E-state index contributed by atoms with van der Waals surface area (Å²) in [6, 6.07) is 7.80. The molecule has 0 radical (unpaired) electrons. The lowest BCUT2D eigenvalue weighted by atomic mass is 10.1. The van der Waals surface area contributed by atoms with Gasteiger partial charge in [-0.2, -0.15) is 8.42 Å². The molecule has 0 amide bonds. The summed E-state index contributed by atoms with van der Waals surface area (Å²) < 4.78 is 35.2. The van der Waals surface area contributed by atoms with E-state index in [2.05, 4.69) is 0 Å². The lowest BCUT2D eigenvalue weighted by molar-refractivity contribution is 0.484. The van der Waals surface area contributed by atoms with E-state index >= 15 is 0 Å². The van der Waals surface area contributed by atoms with E-state index in [4.69, 9.17) is 8.60 Å². The molecule has 0 saturated carbocycles. The minimum atomic E-state index is -3.89. The van der Waals surface area contributed by atoms with E-state index in [9.17, 15) is 13.2 Å². The second-order valence-electron chi connectivity index (χ2n) is 5.03. The number of benzene rings is 1. The second-order valence-corrected chi connectivity index (χ2v) is 7.75. The van der Waals surface area contributed by atoms with Crippen molar-refractivity contribution in [3.63, 3.8) is 0 Å². The summed E-state index contributed by atoms with van der Waals surface area (Å²) in [5.41, 5.74) is 1.34. The topological polar surface area (TPSA) is 73.6 Å². The van der Waals surface area contributed by atoms with Gasteiger partial charge in [0.2, 0.25) is 0 Å². The van der Waals surface area contributed by atoms with E-state index in [-0.39, 0.29) is 9.96 Å². The van der Waals surface area contributed by atoms with Crippen molar-refractivity contribution >= 4 is 32.4 Å². The second kappa shape index (κ2) is 5.82. The first kappa shape index (κ1) is 15.8. The molecule has 23 heavy (non-hydrogen) atoms. The van der Waals surface area contributed by atoms with E-state index < -0.39 is 15.7 Å². The average molecular weight is 350 g/mol. The molecule has 5 nitrogen and oxygen atoms in total. The maximum atomic E-state index is 12.3. The first-order valence-corrected chi connectivity index (χ1v) is 9.25. The van der Waals surface area contributed by atoms with Crippen LogP contribution in [0.3, 0.4) is 0 Å². The zero-order chi connectivity index (χ0) is 16.6. The maximum Gasteiger partial charge on any atom is 0.348 e. The molecule has 0 aliphatic rings. The van der Waals surface area contributed by atoms with Gasteiger partial charge < -0.3 is 8.60 Å². The van der Waals surface area contributed by atoms with E-state index in [0.29, 0.717) is 12.0 Å². The summed E-state index contributed by atoms with van der Waals surface area (Å²) in [5, 5.41) is 2.43. The standard InChI is InChI=1S/C16H14O5S2/c1-3-11-8-12-10(2)7-15(17)20-14(12)9-13(11)21-23(18,19)16-5-4-6-22-16/h4-9H,3H2,1-2H3. The predicted molar refractivity (Wildman–Crippen MR) is 88.7 cm³/mol. The molecule has 0 aliphatic carbocycles. The highest BCUT2D eigenvalue weighted by molar-refractivity contribution is 7.89. The highest BCUT2D eigenvalue weighted by atomic mass is 32.3. The number of thiophene rings is 1. The molecule has 1 aromatic carbocycles. The molecule has 0 unspecified atom stereocenters. The summed E-state index contributed by atoms with van der Waals surface area (Å²) in [4.78, 5) is 11.5. The Bertz CT molecular complexity index is 1010. The molecule has 2 heterocycles. The molecule has 3 rings (SSSR count). The predicted octanol–water partition coefficient (Wildman–Crippen LogP) is 3.49. The van der Waals surface area contributed by atoms with Crippen LogP contribution >= 0.6 is 11.3 Å². The van der Waals surface area contributed by atoms with Crippen LogP contribution in [0.2, 0.25) is 0 Å². The molecule has 0 fully saturated rings. The van der Waals surface area contributed by atoms with Crippen LogP contribution in [0, 0.1) is 6.92 Å². The Morgan fingerprint density at radius 2 is 2.04 bits per heavy atom. The molecule has 0 spiro atoms. The first-order valence-electron chi connectivity index (χ1n) is 6.96. The van der Waals surface area contributed by atoms with Gasteiger partial charge in [-0.15, -0.1) is 11.3 Å². The van der Waals surface area contributed by atoms with Crippen molar-refractivity contribution in [2.24, 2.45) is 0 Å². The molecular weight excluding hydrogens is 336 g/mol. The smallest absolute Gasteiger partial charge is 0.348 e. The Labute approximate surface area is 137 Å². The third-order valence-corrected chi connectivity index (χ3v) is 6.04. The van der Waals surface area contributed by atoms with Gasteiger partial charge in [-0.1, -0.05) is 13.0 Å². The van der Waals surface area contributed by atoms with Crippen LogP contribution in [-0.2, 0) is 16.5 Å². The summed E-state index contributed by atoms with van der Waals surface area (Å²) in [6.45, 7) is 3.71. The summed E-state index contributed by atoms with van der Waals surface area (Å²) in [6.07, 6.45) is 0.587. The number of rotatable bonds is 4. The van der Waals surface area contributed by atoms with Crippen LogP contribution in [0.5, 0.6) is 5.75 Å². The van der Waals surface area contributed by atoms with Crippen LogP contribution in [0.1, 0.15) is 18.1 Å². The van der Waals surface area contributed by atoms with Crippen LogP contribution < -0.4 is 9.81 Å². The Balaban J connectivity index is 2.15. The van der Waals surface area contributed by atoms with Crippen molar-refractivity contribution in [1.29, 1.82) is 0 Å². The van der Waals surface area contributed by atoms with E-state index in [0.717, 1.165) is 27.8 Å². The fourth-order valence-corrected chi connectivity index (χ4v) is 4.22. The third-order valence-electron chi connectivity index (χ3n) is 3.45. The van der Waals surface area contributed by atoms with Gasteiger partial charge >= 0.3 is 15.7 Å². The highest BCUT2D eigenvalue weighted by Gasteiger charge is 2.20. The SMILES string of the molecule is CCc1cc2c(C)cc(=O)oc2cc1OS(=O)(=O)c1cccs1. The van der Waals surface area contributed by atoms with E-state index in [1.807, 2.05) is 13.8 Å². The van der Waals surface area contributed by atoms with Gasteiger partial charge in [0, 0.05) is 17.5 Å². The van der Waals surface area contributed by atoms with Gasteiger partial charge in [-0.3, -0.25) is 0 Å². The molecule has 0 atom stereocenters. The van der Waals surface area contributed by atoms with Crippen molar-refractivity contribution in [3.05, 3.63) is 57.3 Å². The zero-order valence-electron chi connectivity index (χ0n) is 12.5. The molecule has 0 N–H and O–H groups in total. The summed E-state index contributed by atoms with van der Waals surface area (Å²) in [7, 11) is -3.89. The molecule has 0 bridgehead atoms. The summed E-state index contributed by atoms with van der Waals surface area (Å²) >= 11 is 1.08. The molecule has 0 saturated heterocycles. The lowest BCUT2D eigenvalue weighted by Crippen LogP contribution is -2.09. The molecule has 0 aliphatic heterocycles. The minimum absolute atomic E-state index is 0.130. The monoisotopic (exact) mass is 350 g/mol. The quantitative estimate of drug-likeness (QED) is 0.532. The minimum Gasteiger partial charge on any atom is -0.423 e. The highest BCUT2D eigenvalue weighted by Crippen LogP contribution is 2.30. The van der Waals surface area contributed by atoms with Gasteiger partial charge in [-0.05, 0) is 42.0 Å². The Morgan fingerprint density at radius 1 is 1.26 bits per heavy atom.